The SMILES string of the molecule is COc1cccc(C2CN(CC(OC(=O)Nc3ccc(Cl)cc3)C(F)(F)F)CCS2(=O)=O)c1. The minimum Gasteiger partial charge on any atom is -0.497 e. The van der Waals surface area contributed by atoms with Gasteiger partial charge in [0, 0.05) is 30.3 Å². The van der Waals surface area contributed by atoms with Crippen LogP contribution in [0.25, 0.3) is 0 Å². The summed E-state index contributed by atoms with van der Waals surface area (Å²) >= 11 is 5.75. The van der Waals surface area contributed by atoms with Crippen LogP contribution in [-0.4, -0.2) is 64.2 Å². The Kier molecular flexibility index (Phi) is 7.76. The summed E-state index contributed by atoms with van der Waals surface area (Å²) in [4.78, 5) is 13.4. The van der Waals surface area contributed by atoms with Crippen molar-refractivity contribution in [3.63, 3.8) is 0 Å². The van der Waals surface area contributed by atoms with Gasteiger partial charge in [-0.05, 0) is 42.0 Å². The first-order chi connectivity index (χ1) is 15.5. The van der Waals surface area contributed by atoms with Crippen LogP contribution in [0.2, 0.25) is 5.02 Å². The lowest BCUT2D eigenvalue weighted by Crippen LogP contribution is -2.50. The monoisotopic (exact) mass is 506 g/mol. The van der Waals surface area contributed by atoms with Gasteiger partial charge in [0.05, 0.1) is 18.1 Å². The third-order valence-electron chi connectivity index (χ3n) is 5.14. The number of hydrogen-bond acceptors (Lipinski definition) is 6. The van der Waals surface area contributed by atoms with E-state index in [1.54, 1.807) is 24.3 Å². The van der Waals surface area contributed by atoms with E-state index in [0.29, 0.717) is 16.3 Å². The molecule has 1 saturated heterocycles. The third-order valence-corrected chi connectivity index (χ3v) is 7.44. The van der Waals surface area contributed by atoms with Gasteiger partial charge in [-0.1, -0.05) is 23.7 Å². The largest absolute Gasteiger partial charge is 0.497 e. The summed E-state index contributed by atoms with van der Waals surface area (Å²) in [7, 11) is -2.15. The van der Waals surface area contributed by atoms with Gasteiger partial charge in [-0.3, -0.25) is 10.2 Å². The number of ether oxygens (including phenoxy) is 2. The zero-order chi connectivity index (χ0) is 24.2. The number of nitrogens with zero attached hydrogens (tertiary/aromatic N) is 1. The second-order valence-electron chi connectivity index (χ2n) is 7.46. The maximum absolute atomic E-state index is 13.6. The molecule has 33 heavy (non-hydrogen) atoms. The topological polar surface area (TPSA) is 84.9 Å². The number of amides is 1. The van der Waals surface area contributed by atoms with Crippen molar-refractivity contribution in [3.8, 4) is 5.75 Å². The molecule has 1 aliphatic rings. The summed E-state index contributed by atoms with van der Waals surface area (Å²) < 4.78 is 75.9. The van der Waals surface area contributed by atoms with Gasteiger partial charge in [-0.2, -0.15) is 13.2 Å². The number of sulfone groups is 1. The molecule has 2 atom stereocenters. The molecule has 1 heterocycles. The van der Waals surface area contributed by atoms with E-state index in [2.05, 4.69) is 10.1 Å². The average molecular weight is 507 g/mol. The van der Waals surface area contributed by atoms with Crippen LogP contribution < -0.4 is 10.1 Å². The summed E-state index contributed by atoms with van der Waals surface area (Å²) in [5.41, 5.74) is 0.636. The number of carbonyl (C=O) groups excluding carboxylic acids is 1. The molecule has 7 nitrogen and oxygen atoms in total. The van der Waals surface area contributed by atoms with E-state index in [-0.39, 0.29) is 24.5 Å². The molecule has 0 aliphatic carbocycles. The summed E-state index contributed by atoms with van der Waals surface area (Å²) in [5, 5.41) is 1.59. The van der Waals surface area contributed by atoms with Gasteiger partial charge < -0.3 is 9.47 Å². The normalized spacial score (nSPS) is 19.5. The van der Waals surface area contributed by atoms with E-state index in [4.69, 9.17) is 16.3 Å². The fraction of sp³-hybridized carbons (Fsp3) is 0.381. The minimum absolute atomic E-state index is 0.114. The van der Waals surface area contributed by atoms with E-state index < -0.39 is 40.0 Å². The lowest BCUT2D eigenvalue weighted by atomic mass is 10.1. The summed E-state index contributed by atoms with van der Waals surface area (Å²) in [5.74, 6) is 0.117. The smallest absolute Gasteiger partial charge is 0.426 e. The Balaban J connectivity index is 1.72. The van der Waals surface area contributed by atoms with Gasteiger partial charge in [-0.25, -0.2) is 13.2 Å². The first-order valence-corrected chi connectivity index (χ1v) is 11.9. The summed E-state index contributed by atoms with van der Waals surface area (Å²) in [6.07, 6.45) is -8.58. The Morgan fingerprint density at radius 1 is 1.24 bits per heavy atom. The lowest BCUT2D eigenvalue weighted by molar-refractivity contribution is -0.206. The molecule has 0 bridgehead atoms. The average Bonchev–Trinajstić information content (AvgIpc) is 2.75. The van der Waals surface area contributed by atoms with Crippen molar-refractivity contribution in [2.75, 3.05) is 37.8 Å². The first-order valence-electron chi connectivity index (χ1n) is 9.86. The number of alkyl halides is 3. The molecule has 180 valence electrons. The molecule has 12 heteroatoms. The van der Waals surface area contributed by atoms with Gasteiger partial charge in [0.15, 0.2) is 9.84 Å². The van der Waals surface area contributed by atoms with E-state index in [0.717, 1.165) is 0 Å². The number of nitrogens with one attached hydrogen (secondary N) is 1. The summed E-state index contributed by atoms with van der Waals surface area (Å²) in [6, 6.07) is 12.2. The molecule has 2 aromatic carbocycles. The number of methoxy groups -OCH3 is 1. The molecule has 3 rings (SSSR count). The molecule has 1 amide bonds. The Labute approximate surface area is 194 Å². The van der Waals surface area contributed by atoms with E-state index >= 15 is 0 Å². The molecule has 0 saturated carbocycles. The first kappa shape index (κ1) is 25.1. The fourth-order valence-electron chi connectivity index (χ4n) is 3.41. The van der Waals surface area contributed by atoms with Crippen molar-refractivity contribution >= 4 is 33.2 Å². The molecule has 2 aromatic rings. The Morgan fingerprint density at radius 2 is 1.94 bits per heavy atom. The van der Waals surface area contributed by atoms with Crippen LogP contribution in [0, 0.1) is 0 Å². The number of anilines is 1. The maximum atomic E-state index is 13.6. The zero-order valence-electron chi connectivity index (χ0n) is 17.5. The summed E-state index contributed by atoms with van der Waals surface area (Å²) in [6.45, 7) is -0.991. The Hall–Kier alpha value is -2.50. The second kappa shape index (κ2) is 10.2. The Morgan fingerprint density at radius 3 is 2.58 bits per heavy atom. The van der Waals surface area contributed by atoms with Crippen LogP contribution in [0.1, 0.15) is 10.8 Å². The molecular formula is C21H22ClF3N2O5S. The van der Waals surface area contributed by atoms with Crippen LogP contribution in [-0.2, 0) is 14.6 Å². The van der Waals surface area contributed by atoms with E-state index in [1.807, 2.05) is 0 Å². The third kappa shape index (κ3) is 6.75. The molecule has 2 unspecified atom stereocenters. The highest BCUT2D eigenvalue weighted by atomic mass is 35.5. The fourth-order valence-corrected chi connectivity index (χ4v) is 5.33. The lowest BCUT2D eigenvalue weighted by Gasteiger charge is -2.35. The van der Waals surface area contributed by atoms with Crippen LogP contribution in [0.4, 0.5) is 23.7 Å². The predicted molar refractivity (Wildman–Crippen MR) is 117 cm³/mol. The van der Waals surface area contributed by atoms with Crippen LogP contribution in [0.15, 0.2) is 48.5 Å². The predicted octanol–water partition coefficient (Wildman–Crippen LogP) is 4.30. The van der Waals surface area contributed by atoms with Gasteiger partial charge in [-0.15, -0.1) is 0 Å². The molecule has 0 radical (unpaired) electrons. The number of hydrogen-bond donors (Lipinski definition) is 1. The van der Waals surface area contributed by atoms with Crippen LogP contribution >= 0.6 is 11.6 Å². The number of carbonyl (C=O) groups is 1. The van der Waals surface area contributed by atoms with Crippen molar-refractivity contribution in [2.24, 2.45) is 0 Å². The standard InChI is InChI=1S/C21H22ClF3N2O5S/c1-31-17-4-2-3-14(11-17)18-12-27(9-10-33(18,29)30)13-19(21(23,24)25)32-20(28)26-16-7-5-15(22)6-8-16/h2-8,11,18-19H,9-10,12-13H2,1H3,(H,26,28). The van der Waals surface area contributed by atoms with Gasteiger partial charge >= 0.3 is 12.3 Å². The van der Waals surface area contributed by atoms with Crippen molar-refractivity contribution in [1.29, 1.82) is 0 Å². The highest BCUT2D eigenvalue weighted by Crippen LogP contribution is 2.32. The van der Waals surface area contributed by atoms with Gasteiger partial charge in [0.2, 0.25) is 6.10 Å². The molecule has 1 fully saturated rings. The van der Waals surface area contributed by atoms with Crippen LogP contribution in [0.3, 0.4) is 0 Å². The van der Waals surface area contributed by atoms with Crippen molar-refractivity contribution in [3.05, 3.63) is 59.1 Å². The molecular weight excluding hydrogens is 485 g/mol. The van der Waals surface area contributed by atoms with Crippen LogP contribution in [0.5, 0.6) is 5.75 Å². The molecule has 1 N–H and O–H groups in total. The highest BCUT2D eigenvalue weighted by molar-refractivity contribution is 7.91. The molecule has 0 aromatic heterocycles. The van der Waals surface area contributed by atoms with E-state index in [9.17, 15) is 26.4 Å². The van der Waals surface area contributed by atoms with Crippen molar-refractivity contribution in [1.82, 2.24) is 4.90 Å². The van der Waals surface area contributed by atoms with E-state index in [1.165, 1.54) is 36.3 Å². The number of rotatable bonds is 6. The second-order valence-corrected chi connectivity index (χ2v) is 10.2. The van der Waals surface area contributed by atoms with Gasteiger partial charge in [0.25, 0.3) is 0 Å². The number of benzene rings is 2. The van der Waals surface area contributed by atoms with Crippen molar-refractivity contribution < 1.29 is 35.9 Å². The van der Waals surface area contributed by atoms with Crippen molar-refractivity contribution in [2.45, 2.75) is 17.5 Å². The quantitative estimate of drug-likeness (QED) is 0.629. The molecule has 1 aliphatic heterocycles. The highest BCUT2D eigenvalue weighted by Gasteiger charge is 2.45. The molecule has 0 spiro atoms. The minimum atomic E-state index is -4.85. The number of halogens is 4. The maximum Gasteiger partial charge on any atom is 0.426 e. The zero-order valence-corrected chi connectivity index (χ0v) is 19.1. The van der Waals surface area contributed by atoms with Gasteiger partial charge in [0.1, 0.15) is 5.75 Å². The Bertz CT molecular complexity index is 1080.